The average molecular weight is 218 g/mol. The highest BCUT2D eigenvalue weighted by Gasteiger charge is 1.99. The van der Waals surface area contributed by atoms with E-state index < -0.39 is 0 Å². The maximum absolute atomic E-state index is 10.6. The molecule has 2 rings (SSSR count). The fourth-order valence-corrected chi connectivity index (χ4v) is 1.46. The summed E-state index contributed by atoms with van der Waals surface area (Å²) < 4.78 is 0. The molecule has 0 N–H and O–H groups in total. The number of hydrogen-bond acceptors (Lipinski definition) is 2. The second-order valence-electron chi connectivity index (χ2n) is 3.09. The summed E-state index contributed by atoms with van der Waals surface area (Å²) in [6, 6.07) is 11.1. The van der Waals surface area contributed by atoms with E-state index >= 15 is 0 Å². The number of rotatable bonds is 2. The number of hydrogen-bond donors (Lipinski definition) is 0. The minimum Gasteiger partial charge on any atom is -0.296 e. The number of pyridine rings is 1. The van der Waals surface area contributed by atoms with E-state index in [1.807, 2.05) is 30.3 Å². The number of aldehydes is 1. The van der Waals surface area contributed by atoms with Crippen LogP contribution < -0.4 is 0 Å². The van der Waals surface area contributed by atoms with Crippen molar-refractivity contribution in [2.45, 2.75) is 0 Å². The Morgan fingerprint density at radius 3 is 2.47 bits per heavy atom. The van der Waals surface area contributed by atoms with E-state index in [0.29, 0.717) is 10.7 Å². The third-order valence-electron chi connectivity index (χ3n) is 2.08. The number of halogens is 1. The Labute approximate surface area is 92.5 Å². The van der Waals surface area contributed by atoms with Gasteiger partial charge in [-0.05, 0) is 35.4 Å². The van der Waals surface area contributed by atoms with Gasteiger partial charge in [0, 0.05) is 11.2 Å². The van der Waals surface area contributed by atoms with Crippen molar-refractivity contribution in [3.63, 3.8) is 0 Å². The molecule has 3 heteroatoms. The Morgan fingerprint density at radius 2 is 1.80 bits per heavy atom. The first-order valence-corrected chi connectivity index (χ1v) is 4.84. The van der Waals surface area contributed by atoms with E-state index in [-0.39, 0.29) is 0 Å². The second-order valence-corrected chi connectivity index (χ2v) is 3.53. The molecule has 1 heterocycles. The molecule has 0 aliphatic heterocycles. The Kier molecular flexibility index (Phi) is 2.79. The van der Waals surface area contributed by atoms with Crippen LogP contribution >= 0.6 is 11.6 Å². The van der Waals surface area contributed by atoms with Gasteiger partial charge in [-0.15, -0.1) is 0 Å². The Bertz CT molecular complexity index is 479. The molecule has 0 saturated carbocycles. The van der Waals surface area contributed by atoms with Gasteiger partial charge in [-0.1, -0.05) is 23.7 Å². The largest absolute Gasteiger partial charge is 0.296 e. The molecule has 0 spiro atoms. The Morgan fingerprint density at radius 1 is 1.07 bits per heavy atom. The molecule has 0 amide bonds. The number of nitrogens with zero attached hydrogens (tertiary/aromatic N) is 1. The summed E-state index contributed by atoms with van der Waals surface area (Å²) in [5.74, 6) is 0. The fraction of sp³-hybridized carbons (Fsp3) is 0. The van der Waals surface area contributed by atoms with Crippen LogP contribution in [0.2, 0.25) is 5.02 Å². The number of carbonyl (C=O) groups is 1. The standard InChI is InChI=1S/C12H8ClNO/c13-11-3-1-9(2-4-11)10-5-6-14-12(7-10)8-15/h1-8H. The molecule has 0 fully saturated rings. The topological polar surface area (TPSA) is 30.0 Å². The van der Waals surface area contributed by atoms with Gasteiger partial charge in [-0.2, -0.15) is 0 Å². The van der Waals surface area contributed by atoms with Gasteiger partial charge in [0.1, 0.15) is 5.69 Å². The van der Waals surface area contributed by atoms with Crippen molar-refractivity contribution in [3.8, 4) is 11.1 Å². The lowest BCUT2D eigenvalue weighted by atomic mass is 10.1. The quantitative estimate of drug-likeness (QED) is 0.723. The normalized spacial score (nSPS) is 9.93. The summed E-state index contributed by atoms with van der Waals surface area (Å²) in [5.41, 5.74) is 2.41. The van der Waals surface area contributed by atoms with Crippen LogP contribution in [-0.4, -0.2) is 11.3 Å². The minimum atomic E-state index is 0.433. The van der Waals surface area contributed by atoms with Crippen molar-refractivity contribution in [3.05, 3.63) is 53.3 Å². The fourth-order valence-electron chi connectivity index (χ4n) is 1.33. The molecule has 0 atom stereocenters. The first-order valence-electron chi connectivity index (χ1n) is 4.47. The molecule has 1 aromatic heterocycles. The molecule has 0 radical (unpaired) electrons. The molecule has 0 aliphatic carbocycles. The van der Waals surface area contributed by atoms with Crippen LogP contribution in [0.25, 0.3) is 11.1 Å². The number of benzene rings is 1. The van der Waals surface area contributed by atoms with E-state index in [2.05, 4.69) is 4.98 Å². The van der Waals surface area contributed by atoms with Crippen molar-refractivity contribution in [2.75, 3.05) is 0 Å². The lowest BCUT2D eigenvalue weighted by Gasteiger charge is -2.01. The lowest BCUT2D eigenvalue weighted by Crippen LogP contribution is -1.86. The van der Waals surface area contributed by atoms with Crippen LogP contribution in [0.5, 0.6) is 0 Å². The lowest BCUT2D eigenvalue weighted by molar-refractivity contribution is 0.111. The van der Waals surface area contributed by atoms with E-state index in [9.17, 15) is 4.79 Å². The van der Waals surface area contributed by atoms with Crippen molar-refractivity contribution in [1.82, 2.24) is 4.98 Å². The molecule has 0 saturated heterocycles. The van der Waals surface area contributed by atoms with Gasteiger partial charge in [-0.25, -0.2) is 0 Å². The predicted molar refractivity (Wildman–Crippen MR) is 60.1 cm³/mol. The molecule has 15 heavy (non-hydrogen) atoms. The second kappa shape index (κ2) is 4.24. The highest BCUT2D eigenvalue weighted by molar-refractivity contribution is 6.30. The van der Waals surface area contributed by atoms with E-state index in [1.165, 1.54) is 0 Å². The summed E-state index contributed by atoms with van der Waals surface area (Å²) in [6.45, 7) is 0. The first-order chi connectivity index (χ1) is 7.29. The van der Waals surface area contributed by atoms with Gasteiger partial charge in [0.15, 0.2) is 6.29 Å². The van der Waals surface area contributed by atoms with Crippen LogP contribution in [0.1, 0.15) is 10.5 Å². The van der Waals surface area contributed by atoms with Gasteiger partial charge in [0.05, 0.1) is 0 Å². The maximum Gasteiger partial charge on any atom is 0.168 e. The third kappa shape index (κ3) is 2.22. The SMILES string of the molecule is O=Cc1cc(-c2ccc(Cl)cc2)ccn1. The summed E-state index contributed by atoms with van der Waals surface area (Å²) in [6.07, 6.45) is 2.35. The van der Waals surface area contributed by atoms with E-state index in [1.54, 1.807) is 12.3 Å². The summed E-state index contributed by atoms with van der Waals surface area (Å²) in [7, 11) is 0. The summed E-state index contributed by atoms with van der Waals surface area (Å²) in [5, 5.41) is 0.698. The van der Waals surface area contributed by atoms with Crippen molar-refractivity contribution >= 4 is 17.9 Å². The first kappa shape index (κ1) is 9.87. The molecule has 74 valence electrons. The predicted octanol–water partition coefficient (Wildman–Crippen LogP) is 3.21. The monoisotopic (exact) mass is 217 g/mol. The van der Waals surface area contributed by atoms with Gasteiger partial charge in [0.25, 0.3) is 0 Å². The van der Waals surface area contributed by atoms with E-state index in [0.717, 1.165) is 17.4 Å². The molecule has 0 unspecified atom stereocenters. The van der Waals surface area contributed by atoms with Crippen LogP contribution in [0.15, 0.2) is 42.6 Å². The van der Waals surface area contributed by atoms with Gasteiger partial charge >= 0.3 is 0 Å². The van der Waals surface area contributed by atoms with Crippen molar-refractivity contribution < 1.29 is 4.79 Å². The zero-order chi connectivity index (χ0) is 10.7. The minimum absolute atomic E-state index is 0.433. The zero-order valence-electron chi connectivity index (χ0n) is 7.85. The van der Waals surface area contributed by atoms with E-state index in [4.69, 9.17) is 11.6 Å². The molecule has 1 aromatic carbocycles. The van der Waals surface area contributed by atoms with Crippen molar-refractivity contribution in [1.29, 1.82) is 0 Å². The molecular formula is C12H8ClNO. The molecule has 2 nitrogen and oxygen atoms in total. The van der Waals surface area contributed by atoms with Gasteiger partial charge in [-0.3, -0.25) is 9.78 Å². The van der Waals surface area contributed by atoms with Crippen LogP contribution in [-0.2, 0) is 0 Å². The zero-order valence-corrected chi connectivity index (χ0v) is 8.61. The van der Waals surface area contributed by atoms with Gasteiger partial charge < -0.3 is 0 Å². The maximum atomic E-state index is 10.6. The number of aromatic nitrogens is 1. The number of carbonyl (C=O) groups excluding carboxylic acids is 1. The average Bonchev–Trinajstić information content (AvgIpc) is 2.30. The smallest absolute Gasteiger partial charge is 0.168 e. The van der Waals surface area contributed by atoms with Gasteiger partial charge in [0.2, 0.25) is 0 Å². The Balaban J connectivity index is 2.44. The molecular weight excluding hydrogens is 210 g/mol. The summed E-state index contributed by atoms with van der Waals surface area (Å²) >= 11 is 5.79. The Hall–Kier alpha value is -1.67. The van der Waals surface area contributed by atoms with Crippen LogP contribution in [0, 0.1) is 0 Å². The van der Waals surface area contributed by atoms with Crippen molar-refractivity contribution in [2.24, 2.45) is 0 Å². The summed E-state index contributed by atoms with van der Waals surface area (Å²) in [4.78, 5) is 14.5. The third-order valence-corrected chi connectivity index (χ3v) is 2.33. The molecule has 0 aliphatic rings. The molecule has 2 aromatic rings. The van der Waals surface area contributed by atoms with Crippen LogP contribution in [0.3, 0.4) is 0 Å². The molecule has 0 bridgehead atoms. The highest BCUT2D eigenvalue weighted by atomic mass is 35.5. The van der Waals surface area contributed by atoms with Crippen LogP contribution in [0.4, 0.5) is 0 Å². The highest BCUT2D eigenvalue weighted by Crippen LogP contribution is 2.21.